The monoisotopic (exact) mass is 196 g/mol. The minimum atomic E-state index is -0.150. The van der Waals surface area contributed by atoms with E-state index in [0.717, 1.165) is 18.8 Å². The van der Waals surface area contributed by atoms with Crippen molar-refractivity contribution >= 4 is 5.97 Å². The third-order valence-electron chi connectivity index (χ3n) is 5.14. The van der Waals surface area contributed by atoms with Crippen molar-refractivity contribution in [1.82, 2.24) is 0 Å². The molecule has 0 amide bonds. The van der Waals surface area contributed by atoms with Crippen LogP contribution in [0.5, 0.6) is 0 Å². The van der Waals surface area contributed by atoms with E-state index < -0.39 is 0 Å². The zero-order valence-corrected chi connectivity index (χ0v) is 9.59. The van der Waals surface area contributed by atoms with Gasteiger partial charge in [0.1, 0.15) is 0 Å². The van der Waals surface area contributed by atoms with Gasteiger partial charge in [0.05, 0.1) is 12.5 Å². The molecule has 2 saturated carbocycles. The quantitative estimate of drug-likeness (QED) is 0.603. The summed E-state index contributed by atoms with van der Waals surface area (Å²) in [5, 5.41) is 0. The molecule has 80 valence electrons. The van der Waals surface area contributed by atoms with E-state index in [2.05, 4.69) is 20.8 Å². The molecule has 0 aromatic heterocycles. The first-order valence-corrected chi connectivity index (χ1v) is 5.53. The van der Waals surface area contributed by atoms with Gasteiger partial charge in [0.2, 0.25) is 0 Å². The molecule has 2 aliphatic carbocycles. The van der Waals surface area contributed by atoms with E-state index in [1.54, 1.807) is 0 Å². The van der Waals surface area contributed by atoms with Crippen molar-refractivity contribution in [2.24, 2.45) is 22.7 Å². The summed E-state index contributed by atoms with van der Waals surface area (Å²) in [5.41, 5.74) is 0.162. The fourth-order valence-corrected chi connectivity index (χ4v) is 3.74. The lowest BCUT2D eigenvalue weighted by Gasteiger charge is -2.40. The summed E-state index contributed by atoms with van der Waals surface area (Å²) in [6.45, 7) is 6.81. The van der Waals surface area contributed by atoms with Crippen LogP contribution in [0.2, 0.25) is 0 Å². The van der Waals surface area contributed by atoms with Crippen LogP contribution >= 0.6 is 0 Å². The number of carbonyl (C=O) groups is 1. The molecule has 3 atom stereocenters. The van der Waals surface area contributed by atoms with Crippen molar-refractivity contribution in [3.8, 4) is 0 Å². The second kappa shape index (κ2) is 2.74. The van der Waals surface area contributed by atoms with Gasteiger partial charge in [-0.2, -0.15) is 0 Å². The van der Waals surface area contributed by atoms with E-state index in [1.807, 2.05) is 0 Å². The fourth-order valence-electron chi connectivity index (χ4n) is 3.74. The molecule has 0 spiro atoms. The van der Waals surface area contributed by atoms with Crippen LogP contribution < -0.4 is 0 Å². The number of hydrogen-bond donors (Lipinski definition) is 0. The predicted molar refractivity (Wildman–Crippen MR) is 54.7 cm³/mol. The summed E-state index contributed by atoms with van der Waals surface area (Å²) in [6.07, 6.45) is 3.29. The number of carbonyl (C=O) groups excluding carboxylic acids is 1. The molecule has 2 nitrogen and oxygen atoms in total. The molecule has 2 rings (SSSR count). The molecule has 14 heavy (non-hydrogen) atoms. The van der Waals surface area contributed by atoms with Gasteiger partial charge in [0, 0.05) is 0 Å². The Morgan fingerprint density at radius 1 is 1.43 bits per heavy atom. The summed E-state index contributed by atoms with van der Waals surface area (Å²) in [7, 11) is 1.52. The Labute approximate surface area is 86.0 Å². The summed E-state index contributed by atoms with van der Waals surface area (Å²) in [6, 6.07) is 0. The van der Waals surface area contributed by atoms with Gasteiger partial charge in [0.15, 0.2) is 0 Å². The van der Waals surface area contributed by atoms with Crippen molar-refractivity contribution in [2.45, 2.75) is 40.0 Å². The Morgan fingerprint density at radius 2 is 2.07 bits per heavy atom. The normalized spacial score (nSPS) is 44.0. The van der Waals surface area contributed by atoms with Crippen LogP contribution in [0, 0.1) is 22.7 Å². The summed E-state index contributed by atoms with van der Waals surface area (Å²) >= 11 is 0. The summed E-state index contributed by atoms with van der Waals surface area (Å²) in [5.74, 6) is 1.20. The number of fused-ring (bicyclic) bond motifs is 2. The molecule has 0 unspecified atom stereocenters. The van der Waals surface area contributed by atoms with Gasteiger partial charge in [-0.1, -0.05) is 20.8 Å². The lowest BCUT2D eigenvalue weighted by molar-refractivity contribution is -0.156. The SMILES string of the molecule is COC(=O)[C@]12CC[C@H](C1)C(C)(C)[C@@H]2C. The average Bonchev–Trinajstić information content (AvgIpc) is 2.66. The Bertz CT molecular complexity index is 269. The van der Waals surface area contributed by atoms with Gasteiger partial charge in [0.25, 0.3) is 0 Å². The number of hydrogen-bond acceptors (Lipinski definition) is 2. The Balaban J connectivity index is 2.35. The topological polar surface area (TPSA) is 26.3 Å². The standard InChI is InChI=1S/C12H20O2/c1-8-11(2,3)9-5-6-12(8,7-9)10(13)14-4/h8-9H,5-7H2,1-4H3/t8-,9+,12+/m0/s1. The van der Waals surface area contributed by atoms with Crippen LogP contribution in [0.1, 0.15) is 40.0 Å². The van der Waals surface area contributed by atoms with Gasteiger partial charge >= 0.3 is 5.97 Å². The highest BCUT2D eigenvalue weighted by atomic mass is 16.5. The van der Waals surface area contributed by atoms with E-state index in [4.69, 9.17) is 4.74 Å². The highest BCUT2D eigenvalue weighted by Gasteiger charge is 2.63. The molecular weight excluding hydrogens is 176 g/mol. The van der Waals surface area contributed by atoms with Gasteiger partial charge in [-0.25, -0.2) is 0 Å². The maximum atomic E-state index is 11.9. The number of rotatable bonds is 1. The first kappa shape index (κ1) is 10.0. The molecular formula is C12H20O2. The molecule has 0 aromatic carbocycles. The number of methoxy groups -OCH3 is 1. The second-order valence-corrected chi connectivity index (χ2v) is 5.63. The van der Waals surface area contributed by atoms with Crippen LogP contribution in [0.4, 0.5) is 0 Å². The number of ether oxygens (including phenoxy) is 1. The number of esters is 1. The fraction of sp³-hybridized carbons (Fsp3) is 0.917. The van der Waals surface area contributed by atoms with Gasteiger partial charge in [-0.15, -0.1) is 0 Å². The van der Waals surface area contributed by atoms with E-state index in [0.29, 0.717) is 11.3 Å². The third kappa shape index (κ3) is 0.945. The first-order valence-electron chi connectivity index (χ1n) is 5.53. The van der Waals surface area contributed by atoms with Crippen LogP contribution in [-0.2, 0) is 9.53 Å². The molecule has 2 aliphatic rings. The van der Waals surface area contributed by atoms with Crippen molar-refractivity contribution in [3.63, 3.8) is 0 Å². The van der Waals surface area contributed by atoms with E-state index in [9.17, 15) is 4.79 Å². The molecule has 0 aliphatic heterocycles. The zero-order valence-electron chi connectivity index (χ0n) is 9.59. The minimum Gasteiger partial charge on any atom is -0.469 e. The molecule has 2 bridgehead atoms. The zero-order chi connectivity index (χ0) is 10.6. The predicted octanol–water partition coefficient (Wildman–Crippen LogP) is 2.62. The van der Waals surface area contributed by atoms with E-state index in [-0.39, 0.29) is 11.4 Å². The lowest BCUT2D eigenvalue weighted by atomic mass is 9.64. The third-order valence-corrected chi connectivity index (χ3v) is 5.14. The van der Waals surface area contributed by atoms with Crippen LogP contribution in [0.3, 0.4) is 0 Å². The molecule has 0 saturated heterocycles. The van der Waals surface area contributed by atoms with Crippen LogP contribution in [-0.4, -0.2) is 13.1 Å². The Kier molecular flexibility index (Phi) is 1.96. The second-order valence-electron chi connectivity index (χ2n) is 5.63. The van der Waals surface area contributed by atoms with Crippen molar-refractivity contribution in [3.05, 3.63) is 0 Å². The molecule has 2 fully saturated rings. The maximum Gasteiger partial charge on any atom is 0.312 e. The molecule has 0 aromatic rings. The molecule has 0 radical (unpaired) electrons. The average molecular weight is 196 g/mol. The van der Waals surface area contributed by atoms with E-state index in [1.165, 1.54) is 13.5 Å². The van der Waals surface area contributed by atoms with Crippen LogP contribution in [0.25, 0.3) is 0 Å². The van der Waals surface area contributed by atoms with Crippen molar-refractivity contribution in [1.29, 1.82) is 0 Å². The molecule has 0 N–H and O–H groups in total. The smallest absolute Gasteiger partial charge is 0.312 e. The minimum absolute atomic E-state index is 0.0260. The first-order chi connectivity index (χ1) is 6.45. The Hall–Kier alpha value is -0.530. The van der Waals surface area contributed by atoms with Crippen molar-refractivity contribution < 1.29 is 9.53 Å². The summed E-state index contributed by atoms with van der Waals surface area (Å²) in [4.78, 5) is 11.9. The molecule has 2 heteroatoms. The van der Waals surface area contributed by atoms with Gasteiger partial charge in [-0.05, 0) is 36.5 Å². The molecule has 0 heterocycles. The maximum absolute atomic E-state index is 11.9. The largest absolute Gasteiger partial charge is 0.469 e. The van der Waals surface area contributed by atoms with E-state index >= 15 is 0 Å². The highest BCUT2D eigenvalue weighted by molar-refractivity contribution is 5.78. The van der Waals surface area contributed by atoms with Gasteiger partial charge in [-0.3, -0.25) is 4.79 Å². The highest BCUT2D eigenvalue weighted by Crippen LogP contribution is 2.66. The Morgan fingerprint density at radius 3 is 2.50 bits per heavy atom. The van der Waals surface area contributed by atoms with Crippen LogP contribution in [0.15, 0.2) is 0 Å². The lowest BCUT2D eigenvalue weighted by Crippen LogP contribution is -2.40. The van der Waals surface area contributed by atoms with Gasteiger partial charge < -0.3 is 4.74 Å². The summed E-state index contributed by atoms with van der Waals surface area (Å²) < 4.78 is 4.98. The van der Waals surface area contributed by atoms with Crippen molar-refractivity contribution in [2.75, 3.05) is 7.11 Å².